The third-order valence-electron chi connectivity index (χ3n) is 5.24. The second-order valence-corrected chi connectivity index (χ2v) is 10.7. The molecule has 7 nitrogen and oxygen atoms in total. The summed E-state index contributed by atoms with van der Waals surface area (Å²) in [5, 5.41) is 0.465. The average molecular weight is 481 g/mol. The van der Waals surface area contributed by atoms with Crippen LogP contribution >= 0.6 is 11.3 Å². The fourth-order valence-electron chi connectivity index (χ4n) is 3.56. The number of ether oxygens (including phenoxy) is 2. The molecule has 0 fully saturated rings. The van der Waals surface area contributed by atoms with E-state index in [9.17, 15) is 13.2 Å². The summed E-state index contributed by atoms with van der Waals surface area (Å²) in [6.45, 7) is 0.379. The summed E-state index contributed by atoms with van der Waals surface area (Å²) < 4.78 is 36.3. The number of rotatable bonds is 5. The quantitative estimate of drug-likeness (QED) is 0.428. The standard InChI is InChI=1S/C24H20N2O5S2/c1-33(28,29)17-11-12-18-22(13-17)32-24(25-18)26(14-16-7-3-2-4-8-16)23(27)21-15-30-19-9-5-6-10-20(19)31-21/h2-13,21H,14-15H2,1H3. The summed E-state index contributed by atoms with van der Waals surface area (Å²) in [6.07, 6.45) is 0.335. The lowest BCUT2D eigenvalue weighted by Gasteiger charge is -2.29. The van der Waals surface area contributed by atoms with Crippen LogP contribution in [0, 0.1) is 0 Å². The molecular weight excluding hydrogens is 460 g/mol. The van der Waals surface area contributed by atoms with Gasteiger partial charge in [0.15, 0.2) is 26.5 Å². The second kappa shape index (κ2) is 8.49. The van der Waals surface area contributed by atoms with Gasteiger partial charge in [0.1, 0.15) is 6.61 Å². The first-order chi connectivity index (χ1) is 15.9. The number of carbonyl (C=O) groups is 1. The number of carbonyl (C=O) groups excluding carboxylic acids is 1. The Kier molecular flexibility index (Phi) is 5.51. The Hall–Kier alpha value is -3.43. The summed E-state index contributed by atoms with van der Waals surface area (Å²) >= 11 is 1.27. The van der Waals surface area contributed by atoms with Crippen LogP contribution in [0.1, 0.15) is 5.56 Å². The van der Waals surface area contributed by atoms with Crippen molar-refractivity contribution in [2.24, 2.45) is 0 Å². The number of nitrogens with zero attached hydrogens (tertiary/aromatic N) is 2. The first-order valence-electron chi connectivity index (χ1n) is 10.2. The van der Waals surface area contributed by atoms with Crippen LogP contribution in [0.2, 0.25) is 0 Å². The van der Waals surface area contributed by atoms with Crippen molar-refractivity contribution in [2.45, 2.75) is 17.5 Å². The van der Waals surface area contributed by atoms with Crippen LogP contribution in [0.15, 0.2) is 77.7 Å². The number of fused-ring (bicyclic) bond motifs is 2. The van der Waals surface area contributed by atoms with Crippen LogP contribution < -0.4 is 14.4 Å². The first kappa shape index (κ1) is 21.4. The minimum absolute atomic E-state index is 0.0876. The van der Waals surface area contributed by atoms with Crippen molar-refractivity contribution in [3.05, 3.63) is 78.4 Å². The summed E-state index contributed by atoms with van der Waals surface area (Å²) in [5.74, 6) is 0.837. The van der Waals surface area contributed by atoms with Gasteiger partial charge in [-0.15, -0.1) is 0 Å². The fourth-order valence-corrected chi connectivity index (χ4v) is 5.29. The molecule has 4 aromatic rings. The topological polar surface area (TPSA) is 85.8 Å². The summed E-state index contributed by atoms with van der Waals surface area (Å²) in [5.41, 5.74) is 1.55. The third kappa shape index (κ3) is 4.42. The van der Waals surface area contributed by atoms with E-state index in [-0.39, 0.29) is 17.4 Å². The maximum Gasteiger partial charge on any atom is 0.273 e. The molecular formula is C24H20N2O5S2. The number of anilines is 1. The van der Waals surface area contributed by atoms with Gasteiger partial charge < -0.3 is 9.47 Å². The van der Waals surface area contributed by atoms with Crippen LogP contribution in [0.5, 0.6) is 11.5 Å². The highest BCUT2D eigenvalue weighted by Gasteiger charge is 2.33. The minimum atomic E-state index is -3.35. The van der Waals surface area contributed by atoms with Gasteiger partial charge in [0.25, 0.3) is 5.91 Å². The molecule has 1 aromatic heterocycles. The molecule has 1 unspecified atom stereocenters. The van der Waals surface area contributed by atoms with E-state index in [4.69, 9.17) is 9.47 Å². The van der Waals surface area contributed by atoms with Gasteiger partial charge in [-0.1, -0.05) is 53.8 Å². The molecule has 1 aliphatic heterocycles. The number of thiazole rings is 1. The SMILES string of the molecule is CS(=O)(=O)c1ccc2nc(N(Cc3ccccc3)C(=O)C3COc4ccccc4O3)sc2c1. The number of aromatic nitrogens is 1. The van der Waals surface area contributed by atoms with E-state index in [0.717, 1.165) is 5.56 Å². The second-order valence-electron chi connectivity index (χ2n) is 7.67. The molecule has 9 heteroatoms. The number of hydrogen-bond donors (Lipinski definition) is 0. The van der Waals surface area contributed by atoms with Gasteiger partial charge >= 0.3 is 0 Å². The molecule has 0 N–H and O–H groups in total. The zero-order valence-electron chi connectivity index (χ0n) is 17.7. The molecule has 1 aliphatic rings. The Morgan fingerprint density at radius 3 is 2.55 bits per heavy atom. The molecule has 1 atom stereocenters. The number of amides is 1. The number of hydrogen-bond acceptors (Lipinski definition) is 7. The molecule has 33 heavy (non-hydrogen) atoms. The predicted molar refractivity (Wildman–Crippen MR) is 127 cm³/mol. The van der Waals surface area contributed by atoms with Gasteiger partial charge in [0.05, 0.1) is 21.7 Å². The lowest BCUT2D eigenvalue weighted by atomic mass is 10.2. The zero-order valence-corrected chi connectivity index (χ0v) is 19.3. The summed E-state index contributed by atoms with van der Waals surface area (Å²) in [4.78, 5) is 20.0. The molecule has 0 aliphatic carbocycles. The molecule has 0 spiro atoms. The van der Waals surface area contributed by atoms with E-state index >= 15 is 0 Å². The van der Waals surface area contributed by atoms with Gasteiger partial charge in [0.2, 0.25) is 6.10 Å². The molecule has 1 amide bonds. The van der Waals surface area contributed by atoms with Crippen LogP contribution in [0.3, 0.4) is 0 Å². The molecule has 5 rings (SSSR count). The average Bonchev–Trinajstić information content (AvgIpc) is 3.25. The largest absolute Gasteiger partial charge is 0.485 e. The van der Waals surface area contributed by atoms with E-state index < -0.39 is 15.9 Å². The van der Waals surface area contributed by atoms with E-state index in [1.807, 2.05) is 42.5 Å². The van der Waals surface area contributed by atoms with Gasteiger partial charge in [-0.2, -0.15) is 0 Å². The van der Waals surface area contributed by atoms with Gasteiger partial charge in [0, 0.05) is 6.26 Å². The van der Waals surface area contributed by atoms with Crippen molar-refractivity contribution >= 4 is 42.4 Å². The van der Waals surface area contributed by atoms with E-state index in [1.54, 1.807) is 29.2 Å². The highest BCUT2D eigenvalue weighted by molar-refractivity contribution is 7.90. The maximum absolute atomic E-state index is 13.6. The van der Waals surface area contributed by atoms with Crippen LogP contribution in [-0.4, -0.2) is 38.3 Å². The molecule has 168 valence electrons. The van der Waals surface area contributed by atoms with Gasteiger partial charge in [-0.3, -0.25) is 9.69 Å². The predicted octanol–water partition coefficient (Wildman–Crippen LogP) is 4.07. The van der Waals surface area contributed by atoms with E-state index in [0.29, 0.717) is 33.4 Å². The third-order valence-corrected chi connectivity index (χ3v) is 7.39. The monoisotopic (exact) mass is 480 g/mol. The van der Waals surface area contributed by atoms with E-state index in [2.05, 4.69) is 4.98 Å². The highest BCUT2D eigenvalue weighted by atomic mass is 32.2. The molecule has 0 radical (unpaired) electrons. The summed E-state index contributed by atoms with van der Waals surface area (Å²) in [6, 6.07) is 21.6. The van der Waals surface area contributed by atoms with Crippen molar-refractivity contribution in [1.82, 2.24) is 4.98 Å². The highest BCUT2D eigenvalue weighted by Crippen LogP contribution is 2.34. The molecule has 0 bridgehead atoms. The van der Waals surface area contributed by atoms with Crippen molar-refractivity contribution in [1.29, 1.82) is 0 Å². The van der Waals surface area contributed by atoms with E-state index in [1.165, 1.54) is 23.7 Å². The Morgan fingerprint density at radius 1 is 1.06 bits per heavy atom. The zero-order chi connectivity index (χ0) is 23.0. The van der Waals surface area contributed by atoms with Gasteiger partial charge in [-0.05, 0) is 35.9 Å². The lowest BCUT2D eigenvalue weighted by Crippen LogP contribution is -2.46. The number of sulfone groups is 1. The molecule has 2 heterocycles. The van der Waals surface area contributed by atoms with Crippen molar-refractivity contribution in [3.8, 4) is 11.5 Å². The Morgan fingerprint density at radius 2 is 1.79 bits per heavy atom. The van der Waals surface area contributed by atoms with Gasteiger partial charge in [-0.25, -0.2) is 13.4 Å². The van der Waals surface area contributed by atoms with Crippen molar-refractivity contribution < 1.29 is 22.7 Å². The smallest absolute Gasteiger partial charge is 0.273 e. The molecule has 0 saturated carbocycles. The Balaban J connectivity index is 1.51. The molecule has 0 saturated heterocycles. The fraction of sp³-hybridized carbons (Fsp3) is 0.167. The number of para-hydroxylation sites is 2. The molecule has 3 aromatic carbocycles. The maximum atomic E-state index is 13.6. The Labute approximate surface area is 195 Å². The minimum Gasteiger partial charge on any atom is -0.485 e. The Bertz CT molecular complexity index is 1430. The first-order valence-corrected chi connectivity index (χ1v) is 12.9. The normalized spacial score (nSPS) is 15.4. The van der Waals surface area contributed by atoms with Crippen molar-refractivity contribution in [2.75, 3.05) is 17.8 Å². The van der Waals surface area contributed by atoms with Crippen molar-refractivity contribution in [3.63, 3.8) is 0 Å². The van der Waals surface area contributed by atoms with Crippen LogP contribution in [-0.2, 0) is 21.2 Å². The van der Waals surface area contributed by atoms with Crippen LogP contribution in [0.4, 0.5) is 5.13 Å². The van der Waals surface area contributed by atoms with Crippen LogP contribution in [0.25, 0.3) is 10.2 Å². The lowest BCUT2D eigenvalue weighted by molar-refractivity contribution is -0.127. The summed E-state index contributed by atoms with van der Waals surface area (Å²) in [7, 11) is -3.35. The number of benzene rings is 3.